The highest BCUT2D eigenvalue weighted by Crippen LogP contribution is 2.34. The molecule has 5 heteroatoms. The fourth-order valence-corrected chi connectivity index (χ4v) is 5.46. The molecule has 0 aliphatic carbocycles. The second-order valence-electron chi connectivity index (χ2n) is 9.62. The zero-order valence-electron chi connectivity index (χ0n) is 20.9. The molecule has 0 aliphatic rings. The highest BCUT2D eigenvalue weighted by atomic mass is 15.1. The van der Waals surface area contributed by atoms with E-state index in [4.69, 9.17) is 9.97 Å². The summed E-state index contributed by atoms with van der Waals surface area (Å²) in [4.78, 5) is 18.9. The van der Waals surface area contributed by atoms with Crippen molar-refractivity contribution in [3.63, 3.8) is 0 Å². The van der Waals surface area contributed by atoms with Crippen molar-refractivity contribution in [2.45, 2.75) is 0 Å². The Morgan fingerprint density at radius 1 is 0.487 bits per heavy atom. The van der Waals surface area contributed by atoms with E-state index in [-0.39, 0.29) is 0 Å². The minimum atomic E-state index is 0.860. The largest absolute Gasteiger partial charge is 0.278 e. The first-order valence-electron chi connectivity index (χ1n) is 12.9. The smallest absolute Gasteiger partial charge is 0.146 e. The van der Waals surface area contributed by atoms with Gasteiger partial charge in [0.05, 0.1) is 22.2 Å². The molecule has 8 aromatic rings. The first kappa shape index (κ1) is 21.6. The molecule has 0 N–H and O–H groups in total. The van der Waals surface area contributed by atoms with Gasteiger partial charge in [-0.25, -0.2) is 15.0 Å². The molecule has 0 aliphatic heterocycles. The Kier molecular flexibility index (Phi) is 4.76. The lowest BCUT2D eigenvalue weighted by atomic mass is 10.0. The molecule has 5 heterocycles. The quantitative estimate of drug-likeness (QED) is 0.231. The standard InChI is InChI=1S/C34H21N5/c1-2-18-35-31(7-1)39-30-17-15-26(21-28(30)27-6-4-20-37-34(27)39)22-8-10-23(11-9-22)29-16-14-25-13-12-24-5-3-19-36-32(24)33(25)38-29/h1-21H. The predicted molar refractivity (Wildman–Crippen MR) is 158 cm³/mol. The summed E-state index contributed by atoms with van der Waals surface area (Å²) in [5.41, 5.74) is 8.17. The molecule has 0 fully saturated rings. The number of fused-ring (bicyclic) bond motifs is 6. The van der Waals surface area contributed by atoms with Crippen LogP contribution in [0, 0.1) is 0 Å². The molecular weight excluding hydrogens is 478 g/mol. The van der Waals surface area contributed by atoms with E-state index in [1.165, 1.54) is 0 Å². The topological polar surface area (TPSA) is 56.5 Å². The van der Waals surface area contributed by atoms with Crippen molar-refractivity contribution < 1.29 is 0 Å². The molecule has 8 rings (SSSR count). The summed E-state index contributed by atoms with van der Waals surface area (Å²) in [6.07, 6.45) is 5.47. The number of benzene rings is 3. The Hall–Kier alpha value is -5.42. The second-order valence-corrected chi connectivity index (χ2v) is 9.62. The summed E-state index contributed by atoms with van der Waals surface area (Å²) < 4.78 is 2.13. The molecule has 39 heavy (non-hydrogen) atoms. The molecule has 0 spiro atoms. The van der Waals surface area contributed by atoms with Crippen LogP contribution in [0.1, 0.15) is 0 Å². The van der Waals surface area contributed by atoms with Crippen molar-refractivity contribution in [3.8, 4) is 28.2 Å². The van der Waals surface area contributed by atoms with Crippen LogP contribution in [0.5, 0.6) is 0 Å². The van der Waals surface area contributed by atoms with Crippen molar-refractivity contribution in [2.24, 2.45) is 0 Å². The van der Waals surface area contributed by atoms with E-state index in [1.807, 2.05) is 48.9 Å². The number of rotatable bonds is 3. The second kappa shape index (κ2) is 8.57. The van der Waals surface area contributed by atoms with Crippen LogP contribution in [0.3, 0.4) is 0 Å². The van der Waals surface area contributed by atoms with Crippen LogP contribution in [0.4, 0.5) is 0 Å². The van der Waals surface area contributed by atoms with Crippen LogP contribution in [0.15, 0.2) is 128 Å². The molecule has 5 aromatic heterocycles. The van der Waals surface area contributed by atoms with E-state index in [1.54, 1.807) is 0 Å². The van der Waals surface area contributed by atoms with Gasteiger partial charge in [0.1, 0.15) is 11.5 Å². The molecule has 0 bridgehead atoms. The van der Waals surface area contributed by atoms with Gasteiger partial charge in [-0.15, -0.1) is 0 Å². The van der Waals surface area contributed by atoms with E-state index in [9.17, 15) is 0 Å². The molecular formula is C34H21N5. The Balaban J connectivity index is 1.22. The SMILES string of the molecule is c1ccc(-n2c3ccc(-c4ccc(-c5ccc6ccc7cccnc7c6n5)cc4)cc3c3cccnc32)nc1. The van der Waals surface area contributed by atoms with Gasteiger partial charge in [0.25, 0.3) is 0 Å². The number of nitrogens with zero attached hydrogens (tertiary/aromatic N) is 5. The van der Waals surface area contributed by atoms with Crippen LogP contribution in [0.25, 0.3) is 71.9 Å². The van der Waals surface area contributed by atoms with Gasteiger partial charge in [-0.05, 0) is 59.7 Å². The highest BCUT2D eigenvalue weighted by Gasteiger charge is 2.15. The van der Waals surface area contributed by atoms with Gasteiger partial charge < -0.3 is 0 Å². The summed E-state index contributed by atoms with van der Waals surface area (Å²) in [6.45, 7) is 0. The molecule has 0 saturated heterocycles. The Bertz CT molecular complexity index is 2160. The average Bonchev–Trinajstić information content (AvgIpc) is 3.35. The normalized spacial score (nSPS) is 11.6. The summed E-state index contributed by atoms with van der Waals surface area (Å²) in [6, 6.07) is 37.7. The van der Waals surface area contributed by atoms with Crippen LogP contribution in [0.2, 0.25) is 0 Å². The van der Waals surface area contributed by atoms with Crippen molar-refractivity contribution in [1.29, 1.82) is 0 Å². The Labute approximate surface area is 224 Å². The van der Waals surface area contributed by atoms with E-state index in [0.717, 1.165) is 71.9 Å². The highest BCUT2D eigenvalue weighted by molar-refractivity contribution is 6.09. The third-order valence-electron chi connectivity index (χ3n) is 7.35. The van der Waals surface area contributed by atoms with Crippen molar-refractivity contribution in [3.05, 3.63) is 128 Å². The van der Waals surface area contributed by atoms with Gasteiger partial charge in [-0.1, -0.05) is 60.7 Å². The molecule has 0 unspecified atom stereocenters. The molecule has 0 radical (unpaired) electrons. The fourth-order valence-electron chi connectivity index (χ4n) is 5.46. The van der Waals surface area contributed by atoms with Gasteiger partial charge in [0.2, 0.25) is 0 Å². The summed E-state index contributed by atoms with van der Waals surface area (Å²) in [5, 5.41) is 4.45. The zero-order chi connectivity index (χ0) is 25.8. The summed E-state index contributed by atoms with van der Waals surface area (Å²) in [5.74, 6) is 0.860. The molecule has 0 amide bonds. The number of hydrogen-bond acceptors (Lipinski definition) is 4. The minimum absolute atomic E-state index is 0.860. The average molecular weight is 500 g/mol. The van der Waals surface area contributed by atoms with Crippen molar-refractivity contribution in [2.75, 3.05) is 0 Å². The van der Waals surface area contributed by atoms with E-state index in [0.29, 0.717) is 0 Å². The lowest BCUT2D eigenvalue weighted by Crippen LogP contribution is -1.97. The summed E-state index contributed by atoms with van der Waals surface area (Å²) >= 11 is 0. The van der Waals surface area contributed by atoms with Gasteiger partial charge in [-0.2, -0.15) is 0 Å². The van der Waals surface area contributed by atoms with Crippen LogP contribution < -0.4 is 0 Å². The first-order chi connectivity index (χ1) is 19.3. The van der Waals surface area contributed by atoms with Gasteiger partial charge in [0, 0.05) is 45.7 Å². The lowest BCUT2D eigenvalue weighted by molar-refractivity contribution is 1.06. The number of aromatic nitrogens is 5. The third kappa shape index (κ3) is 3.48. The molecule has 182 valence electrons. The fraction of sp³-hybridized carbons (Fsp3) is 0. The van der Waals surface area contributed by atoms with Crippen molar-refractivity contribution >= 4 is 43.7 Å². The maximum atomic E-state index is 5.00. The zero-order valence-corrected chi connectivity index (χ0v) is 20.9. The summed E-state index contributed by atoms with van der Waals surface area (Å²) in [7, 11) is 0. The van der Waals surface area contributed by atoms with Crippen LogP contribution in [-0.4, -0.2) is 24.5 Å². The van der Waals surface area contributed by atoms with E-state index >= 15 is 0 Å². The van der Waals surface area contributed by atoms with E-state index in [2.05, 4.69) is 93.4 Å². The first-order valence-corrected chi connectivity index (χ1v) is 12.9. The predicted octanol–water partition coefficient (Wildman–Crippen LogP) is 8.00. The Morgan fingerprint density at radius 3 is 2.10 bits per heavy atom. The monoisotopic (exact) mass is 499 g/mol. The minimum Gasteiger partial charge on any atom is -0.278 e. The van der Waals surface area contributed by atoms with Gasteiger partial charge >= 0.3 is 0 Å². The van der Waals surface area contributed by atoms with E-state index < -0.39 is 0 Å². The number of hydrogen-bond donors (Lipinski definition) is 0. The molecule has 3 aromatic carbocycles. The maximum Gasteiger partial charge on any atom is 0.146 e. The molecule has 0 atom stereocenters. The lowest BCUT2D eigenvalue weighted by Gasteiger charge is -2.08. The Morgan fingerprint density at radius 2 is 1.23 bits per heavy atom. The third-order valence-corrected chi connectivity index (χ3v) is 7.35. The molecule has 0 saturated carbocycles. The maximum absolute atomic E-state index is 5.00. The van der Waals surface area contributed by atoms with Crippen molar-refractivity contribution in [1.82, 2.24) is 24.5 Å². The molecule has 5 nitrogen and oxygen atoms in total. The van der Waals surface area contributed by atoms with Gasteiger partial charge in [-0.3, -0.25) is 9.55 Å². The van der Waals surface area contributed by atoms with Gasteiger partial charge in [0.15, 0.2) is 0 Å². The van der Waals surface area contributed by atoms with Crippen LogP contribution in [-0.2, 0) is 0 Å². The van der Waals surface area contributed by atoms with Crippen LogP contribution >= 0.6 is 0 Å². The number of pyridine rings is 4.